The van der Waals surface area contributed by atoms with Gasteiger partial charge in [0.25, 0.3) is 0 Å². The molecule has 1 fully saturated rings. The Bertz CT molecular complexity index is 447. The first-order chi connectivity index (χ1) is 8.59. The Kier molecular flexibility index (Phi) is 4.01. The highest BCUT2D eigenvalue weighted by Gasteiger charge is 2.25. The predicted molar refractivity (Wildman–Crippen MR) is 71.2 cm³/mol. The molecule has 1 saturated carbocycles. The molecule has 0 aliphatic heterocycles. The quantitative estimate of drug-likeness (QED) is 0.479. The maximum atomic E-state index is 11.0. The zero-order valence-corrected chi connectivity index (χ0v) is 11.1. The standard InChI is InChI=1S/C12H16ClN3O2/c1-15(9-5-3-2-4-6-9)12-10(16(17)18)7-8-11(13)14-12/h7-9H,2-6H2,1H3. The summed E-state index contributed by atoms with van der Waals surface area (Å²) in [6, 6.07) is 3.20. The summed E-state index contributed by atoms with van der Waals surface area (Å²) in [5.41, 5.74) is 0.0208. The first kappa shape index (κ1) is 13.1. The van der Waals surface area contributed by atoms with E-state index >= 15 is 0 Å². The molecule has 0 spiro atoms. The fourth-order valence-electron chi connectivity index (χ4n) is 2.46. The van der Waals surface area contributed by atoms with Crippen LogP contribution in [0.2, 0.25) is 5.15 Å². The second-order valence-electron chi connectivity index (χ2n) is 4.64. The van der Waals surface area contributed by atoms with Gasteiger partial charge in [-0.25, -0.2) is 4.98 Å². The molecule has 0 atom stereocenters. The topological polar surface area (TPSA) is 59.3 Å². The molecule has 1 aromatic heterocycles. The first-order valence-corrected chi connectivity index (χ1v) is 6.51. The third kappa shape index (κ3) is 2.72. The second-order valence-corrected chi connectivity index (χ2v) is 5.02. The van der Waals surface area contributed by atoms with Crippen LogP contribution in [0, 0.1) is 10.1 Å². The molecule has 1 heterocycles. The van der Waals surface area contributed by atoms with E-state index in [9.17, 15) is 10.1 Å². The lowest BCUT2D eigenvalue weighted by Gasteiger charge is -2.31. The molecule has 5 nitrogen and oxygen atoms in total. The lowest BCUT2D eigenvalue weighted by atomic mass is 9.94. The molecule has 0 saturated heterocycles. The number of nitrogens with zero attached hydrogens (tertiary/aromatic N) is 3. The number of rotatable bonds is 3. The largest absolute Gasteiger partial charge is 0.351 e. The van der Waals surface area contributed by atoms with Gasteiger partial charge in [-0.05, 0) is 18.9 Å². The number of anilines is 1. The van der Waals surface area contributed by atoms with Gasteiger partial charge in [-0.1, -0.05) is 30.9 Å². The maximum absolute atomic E-state index is 11.0. The number of halogens is 1. The lowest BCUT2D eigenvalue weighted by Crippen LogP contribution is -2.34. The minimum Gasteiger partial charge on any atom is -0.351 e. The molecule has 2 rings (SSSR count). The molecule has 1 aromatic rings. The Morgan fingerprint density at radius 3 is 2.67 bits per heavy atom. The van der Waals surface area contributed by atoms with E-state index in [0.717, 1.165) is 12.8 Å². The minimum atomic E-state index is -0.405. The average molecular weight is 270 g/mol. The number of aromatic nitrogens is 1. The minimum absolute atomic E-state index is 0.0208. The number of pyridine rings is 1. The van der Waals surface area contributed by atoms with Gasteiger partial charge in [0.2, 0.25) is 5.82 Å². The second kappa shape index (κ2) is 5.52. The average Bonchev–Trinajstić information content (AvgIpc) is 2.38. The Morgan fingerprint density at radius 2 is 2.06 bits per heavy atom. The van der Waals surface area contributed by atoms with Crippen molar-refractivity contribution in [2.45, 2.75) is 38.1 Å². The van der Waals surface area contributed by atoms with Gasteiger partial charge in [0, 0.05) is 19.2 Å². The van der Waals surface area contributed by atoms with Gasteiger partial charge < -0.3 is 4.90 Å². The highest BCUT2D eigenvalue weighted by Crippen LogP contribution is 2.31. The Hall–Kier alpha value is -1.36. The highest BCUT2D eigenvalue weighted by molar-refractivity contribution is 6.29. The van der Waals surface area contributed by atoms with E-state index in [1.165, 1.54) is 31.4 Å². The van der Waals surface area contributed by atoms with Crippen molar-refractivity contribution < 1.29 is 4.92 Å². The van der Waals surface area contributed by atoms with E-state index in [4.69, 9.17) is 11.6 Å². The molecule has 0 amide bonds. The zero-order valence-electron chi connectivity index (χ0n) is 10.3. The van der Waals surface area contributed by atoms with Crippen molar-refractivity contribution in [3.63, 3.8) is 0 Å². The first-order valence-electron chi connectivity index (χ1n) is 6.13. The van der Waals surface area contributed by atoms with Crippen molar-refractivity contribution in [3.05, 3.63) is 27.4 Å². The van der Waals surface area contributed by atoms with Crippen LogP contribution in [-0.2, 0) is 0 Å². The molecule has 18 heavy (non-hydrogen) atoms. The molecule has 6 heteroatoms. The van der Waals surface area contributed by atoms with Crippen LogP contribution in [0.25, 0.3) is 0 Å². The van der Waals surface area contributed by atoms with Gasteiger partial charge in [0.1, 0.15) is 5.15 Å². The summed E-state index contributed by atoms with van der Waals surface area (Å²) in [4.78, 5) is 16.6. The van der Waals surface area contributed by atoms with E-state index in [1.54, 1.807) is 0 Å². The normalized spacial score (nSPS) is 16.6. The van der Waals surface area contributed by atoms with Crippen LogP contribution in [-0.4, -0.2) is 23.0 Å². The molecular formula is C12H16ClN3O2. The van der Waals surface area contributed by atoms with Gasteiger partial charge in [-0.3, -0.25) is 10.1 Å². The zero-order chi connectivity index (χ0) is 13.1. The molecule has 0 radical (unpaired) electrons. The summed E-state index contributed by atoms with van der Waals surface area (Å²) in [5.74, 6) is 0.374. The van der Waals surface area contributed by atoms with Crippen LogP contribution in [0.15, 0.2) is 12.1 Å². The third-order valence-corrected chi connectivity index (χ3v) is 3.68. The van der Waals surface area contributed by atoms with Gasteiger partial charge >= 0.3 is 5.69 Å². The van der Waals surface area contributed by atoms with Crippen molar-refractivity contribution in [2.75, 3.05) is 11.9 Å². The highest BCUT2D eigenvalue weighted by atomic mass is 35.5. The van der Waals surface area contributed by atoms with E-state index in [2.05, 4.69) is 4.98 Å². The SMILES string of the molecule is CN(c1nc(Cl)ccc1[N+](=O)[O-])C1CCCCC1. The van der Waals surface area contributed by atoms with E-state index in [1.807, 2.05) is 11.9 Å². The molecule has 98 valence electrons. The summed E-state index contributed by atoms with van der Waals surface area (Å²) in [7, 11) is 1.86. The van der Waals surface area contributed by atoms with Crippen LogP contribution >= 0.6 is 11.6 Å². The van der Waals surface area contributed by atoms with Crippen molar-refractivity contribution in [2.24, 2.45) is 0 Å². The molecule has 0 aromatic carbocycles. The Balaban J connectivity index is 2.30. The maximum Gasteiger partial charge on any atom is 0.311 e. The van der Waals surface area contributed by atoms with Crippen LogP contribution in [0.5, 0.6) is 0 Å². The monoisotopic (exact) mass is 269 g/mol. The van der Waals surface area contributed by atoms with Gasteiger partial charge in [-0.2, -0.15) is 0 Å². The number of hydrogen-bond donors (Lipinski definition) is 0. The van der Waals surface area contributed by atoms with E-state index < -0.39 is 4.92 Å². The van der Waals surface area contributed by atoms with Crippen LogP contribution < -0.4 is 4.90 Å². The summed E-state index contributed by atoms with van der Waals surface area (Å²) in [5, 5.41) is 11.3. The fraction of sp³-hybridized carbons (Fsp3) is 0.583. The van der Waals surface area contributed by atoms with Crippen molar-refractivity contribution in [1.82, 2.24) is 4.98 Å². The molecule has 0 bridgehead atoms. The smallest absolute Gasteiger partial charge is 0.311 e. The summed E-state index contributed by atoms with van der Waals surface area (Å²) in [6.07, 6.45) is 5.70. The van der Waals surface area contributed by atoms with Crippen LogP contribution in [0.1, 0.15) is 32.1 Å². The Morgan fingerprint density at radius 1 is 1.39 bits per heavy atom. The van der Waals surface area contributed by atoms with Crippen molar-refractivity contribution >= 4 is 23.1 Å². The van der Waals surface area contributed by atoms with E-state index in [-0.39, 0.29) is 5.69 Å². The van der Waals surface area contributed by atoms with Crippen molar-refractivity contribution in [1.29, 1.82) is 0 Å². The lowest BCUT2D eigenvalue weighted by molar-refractivity contribution is -0.384. The molecule has 1 aliphatic rings. The van der Waals surface area contributed by atoms with Gasteiger partial charge in [0.05, 0.1) is 4.92 Å². The van der Waals surface area contributed by atoms with Gasteiger partial charge in [0.15, 0.2) is 0 Å². The summed E-state index contributed by atoms with van der Waals surface area (Å²) < 4.78 is 0. The molecular weight excluding hydrogens is 254 g/mol. The van der Waals surface area contributed by atoms with Crippen LogP contribution in [0.3, 0.4) is 0 Å². The van der Waals surface area contributed by atoms with Crippen LogP contribution in [0.4, 0.5) is 11.5 Å². The summed E-state index contributed by atoms with van der Waals surface area (Å²) >= 11 is 5.84. The Labute approximate surface area is 111 Å². The number of hydrogen-bond acceptors (Lipinski definition) is 4. The predicted octanol–water partition coefficient (Wildman–Crippen LogP) is 3.41. The summed E-state index contributed by atoms with van der Waals surface area (Å²) in [6.45, 7) is 0. The molecule has 0 N–H and O–H groups in total. The fourth-order valence-corrected chi connectivity index (χ4v) is 2.60. The molecule has 0 unspecified atom stereocenters. The van der Waals surface area contributed by atoms with Gasteiger partial charge in [-0.15, -0.1) is 0 Å². The molecule has 1 aliphatic carbocycles. The number of nitro groups is 1. The van der Waals surface area contributed by atoms with E-state index in [0.29, 0.717) is 17.0 Å². The van der Waals surface area contributed by atoms with Crippen molar-refractivity contribution in [3.8, 4) is 0 Å². The third-order valence-electron chi connectivity index (χ3n) is 3.47.